The molecule has 248 valence electrons. The van der Waals surface area contributed by atoms with E-state index in [0.717, 1.165) is 18.6 Å². The van der Waals surface area contributed by atoms with Gasteiger partial charge in [-0.3, -0.25) is 9.36 Å². The number of hydrogen-bond donors (Lipinski definition) is 3. The molecule has 1 unspecified atom stereocenters. The number of rotatable bonds is 30. The molecule has 2 rings (SSSR count). The highest BCUT2D eigenvalue weighted by Crippen LogP contribution is 2.48. The maximum Gasteiger partial charge on any atom is 0.330 e. The second-order valence-electron chi connectivity index (χ2n) is 11.7. The summed E-state index contributed by atoms with van der Waals surface area (Å²) in [6, 6.07) is 0. The highest BCUT2D eigenvalue weighted by atomic mass is 31.2. The van der Waals surface area contributed by atoms with E-state index in [0.29, 0.717) is 62.9 Å². The molecule has 3 N–H and O–H groups in total. The number of unbranched alkanes of at least 4 members (excludes halogenated alkanes) is 15. The number of H-pyrrole nitrogens is 2. The minimum atomic E-state index is -3.12. The number of hydrogen-bond acceptors (Lipinski definition) is 7. The fourth-order valence-electron chi connectivity index (χ4n) is 5.34. The normalized spacial score (nSPS) is 13.2. The smallest absolute Gasteiger partial charge is 0.330 e. The van der Waals surface area contributed by atoms with Crippen LogP contribution < -0.4 is 10.9 Å². The Labute approximate surface area is 260 Å². The summed E-state index contributed by atoms with van der Waals surface area (Å²) in [5.74, 6) is 0. The summed E-state index contributed by atoms with van der Waals surface area (Å²) >= 11 is 0. The molecule has 0 radical (unpaired) electrons. The van der Waals surface area contributed by atoms with E-state index >= 15 is 0 Å². The molecule has 9 nitrogen and oxygen atoms in total. The van der Waals surface area contributed by atoms with Gasteiger partial charge >= 0.3 is 7.60 Å². The summed E-state index contributed by atoms with van der Waals surface area (Å²) in [5.41, 5.74) is 1.88. The van der Waals surface area contributed by atoms with Crippen molar-refractivity contribution in [2.24, 2.45) is 0 Å². The van der Waals surface area contributed by atoms with Gasteiger partial charge in [0.15, 0.2) is 0 Å². The molecule has 2 aromatic heterocycles. The van der Waals surface area contributed by atoms with Crippen LogP contribution >= 0.6 is 7.60 Å². The third-order valence-electron chi connectivity index (χ3n) is 7.84. The van der Waals surface area contributed by atoms with Crippen molar-refractivity contribution in [1.29, 1.82) is 0 Å². The summed E-state index contributed by atoms with van der Waals surface area (Å²) in [6.45, 7) is 7.47. The van der Waals surface area contributed by atoms with Gasteiger partial charge in [0.25, 0.3) is 5.56 Å². The molecule has 1 atom stereocenters. The molecule has 43 heavy (non-hydrogen) atoms. The zero-order valence-electron chi connectivity index (χ0n) is 27.3. The van der Waals surface area contributed by atoms with Crippen molar-refractivity contribution in [2.45, 2.75) is 136 Å². The van der Waals surface area contributed by atoms with Gasteiger partial charge in [-0.1, -0.05) is 103 Å². The molecular weight excluding hydrogens is 563 g/mol. The predicted octanol–water partition coefficient (Wildman–Crippen LogP) is 8.65. The van der Waals surface area contributed by atoms with Gasteiger partial charge in [0.1, 0.15) is 5.52 Å². The molecule has 0 saturated heterocycles. The monoisotopic (exact) mass is 624 g/mol. The molecule has 0 bridgehead atoms. The van der Waals surface area contributed by atoms with Crippen molar-refractivity contribution in [3.63, 3.8) is 0 Å². The number of fused-ring (bicyclic) bond motifs is 1. The van der Waals surface area contributed by atoms with Gasteiger partial charge in [0.05, 0.1) is 31.2 Å². The maximum absolute atomic E-state index is 13.1. The summed E-state index contributed by atoms with van der Waals surface area (Å²) in [6.07, 6.45) is 26.8. The van der Waals surface area contributed by atoms with Gasteiger partial charge in [-0.2, -0.15) is 0 Å². The zero-order valence-corrected chi connectivity index (χ0v) is 28.2. The second kappa shape index (κ2) is 24.8. The minimum absolute atomic E-state index is 0.184. The molecule has 0 aliphatic carbocycles. The quantitative estimate of drug-likeness (QED) is 0.0588. The summed E-state index contributed by atoms with van der Waals surface area (Å²) in [7, 11) is -3.12. The Kier molecular flexibility index (Phi) is 21.7. The number of nitrogens with one attached hydrogen (secondary N) is 3. The molecule has 0 aliphatic rings. The molecular formula is C33H61N4O5P. The Balaban J connectivity index is 1.37. The second-order valence-corrected chi connectivity index (χ2v) is 13.8. The van der Waals surface area contributed by atoms with Gasteiger partial charge in [0, 0.05) is 31.5 Å². The lowest BCUT2D eigenvalue weighted by molar-refractivity contribution is 0.111. The van der Waals surface area contributed by atoms with Crippen molar-refractivity contribution >= 4 is 18.6 Å². The molecule has 0 amide bonds. The average Bonchev–Trinajstić information content (AvgIpc) is 3.42. The van der Waals surface area contributed by atoms with E-state index in [1.165, 1.54) is 103 Å². The van der Waals surface area contributed by atoms with Crippen molar-refractivity contribution in [3.8, 4) is 0 Å². The molecule has 0 fully saturated rings. The molecule has 10 heteroatoms. The number of aromatic nitrogens is 3. The molecule has 0 aromatic carbocycles. The Hall–Kier alpha value is -1.51. The third kappa shape index (κ3) is 17.5. The lowest BCUT2D eigenvalue weighted by atomic mass is 10.0. The third-order valence-corrected chi connectivity index (χ3v) is 9.93. The first kappa shape index (κ1) is 37.7. The highest BCUT2D eigenvalue weighted by Gasteiger charge is 2.23. The van der Waals surface area contributed by atoms with E-state index < -0.39 is 7.60 Å². The van der Waals surface area contributed by atoms with Gasteiger partial charge in [0.2, 0.25) is 0 Å². The van der Waals surface area contributed by atoms with Crippen LogP contribution in [0.5, 0.6) is 0 Å². The van der Waals surface area contributed by atoms with E-state index in [1.54, 1.807) is 6.20 Å². The molecule has 0 aliphatic heterocycles. The first-order valence-electron chi connectivity index (χ1n) is 17.3. The van der Waals surface area contributed by atoms with Crippen LogP contribution in [0.1, 0.15) is 135 Å². The van der Waals surface area contributed by atoms with Crippen molar-refractivity contribution in [1.82, 2.24) is 20.3 Å². The lowest BCUT2D eigenvalue weighted by Crippen LogP contribution is -2.16. The topological polar surface area (TPSA) is 118 Å². The lowest BCUT2D eigenvalue weighted by Gasteiger charge is -2.18. The van der Waals surface area contributed by atoms with Crippen molar-refractivity contribution in [2.75, 3.05) is 39.1 Å². The van der Waals surface area contributed by atoms with E-state index in [9.17, 15) is 9.36 Å². The van der Waals surface area contributed by atoms with Gasteiger partial charge in [-0.25, -0.2) is 4.98 Å². The Morgan fingerprint density at radius 3 is 1.98 bits per heavy atom. The molecule has 2 aromatic rings. The van der Waals surface area contributed by atoms with Crippen LogP contribution in [-0.4, -0.2) is 54.1 Å². The van der Waals surface area contributed by atoms with Crippen molar-refractivity contribution < 1.29 is 18.3 Å². The zero-order chi connectivity index (χ0) is 30.9. The Morgan fingerprint density at radius 2 is 1.35 bits per heavy atom. The first-order valence-corrected chi connectivity index (χ1v) is 19.0. The van der Waals surface area contributed by atoms with E-state index in [1.807, 2.05) is 6.92 Å². The molecule has 2 heterocycles. The van der Waals surface area contributed by atoms with Crippen LogP contribution in [-0.2, 0) is 24.9 Å². The van der Waals surface area contributed by atoms with Crippen LogP contribution in [0.3, 0.4) is 0 Å². The summed E-state index contributed by atoms with van der Waals surface area (Å²) < 4.78 is 30.0. The van der Waals surface area contributed by atoms with Gasteiger partial charge < -0.3 is 29.1 Å². The maximum atomic E-state index is 13.1. The fraction of sp³-hybridized carbons (Fsp3) is 0.818. The standard InChI is InChI=1S/C33H61N4O5P/c1-3-5-6-7-8-9-10-11-12-13-14-15-16-17-18-19-23-40-24-21-25-42-43(39,41-4-2)26-20-22-34-27-30-28-35-32-31(30)36-29-37-33(32)38/h28-29,34-35H,3-27H2,1-2H3,(H,36,37,38). The number of ether oxygens (including phenoxy) is 1. The van der Waals surface area contributed by atoms with Crippen LogP contribution in [0.4, 0.5) is 0 Å². The number of nitrogens with zero attached hydrogens (tertiary/aromatic N) is 1. The highest BCUT2D eigenvalue weighted by molar-refractivity contribution is 7.53. The van der Waals surface area contributed by atoms with Crippen molar-refractivity contribution in [3.05, 3.63) is 28.4 Å². The van der Waals surface area contributed by atoms with E-state index in [-0.39, 0.29) is 5.56 Å². The summed E-state index contributed by atoms with van der Waals surface area (Å²) in [4.78, 5) is 21.6. The number of aromatic amines is 2. The van der Waals surface area contributed by atoms with Gasteiger partial charge in [-0.15, -0.1) is 0 Å². The molecule has 0 saturated carbocycles. The Morgan fingerprint density at radius 1 is 0.744 bits per heavy atom. The molecule has 0 spiro atoms. The van der Waals surface area contributed by atoms with Crippen LogP contribution in [0.2, 0.25) is 0 Å². The minimum Gasteiger partial charge on any atom is -0.381 e. The fourth-order valence-corrected chi connectivity index (χ4v) is 7.02. The van der Waals surface area contributed by atoms with E-state index in [2.05, 4.69) is 27.2 Å². The summed E-state index contributed by atoms with van der Waals surface area (Å²) in [5, 5.41) is 3.32. The van der Waals surface area contributed by atoms with Crippen LogP contribution in [0, 0.1) is 0 Å². The van der Waals surface area contributed by atoms with Crippen LogP contribution in [0.15, 0.2) is 17.3 Å². The SMILES string of the molecule is CCCCCCCCCCCCCCCCCCOCCCOP(=O)(CCCNCc1c[nH]c2c(=O)[nH]cnc12)OCC. The first-order chi connectivity index (χ1) is 21.1. The van der Waals surface area contributed by atoms with E-state index in [4.69, 9.17) is 13.8 Å². The largest absolute Gasteiger partial charge is 0.381 e. The van der Waals surface area contributed by atoms with Crippen LogP contribution in [0.25, 0.3) is 11.0 Å². The average molecular weight is 625 g/mol. The predicted molar refractivity (Wildman–Crippen MR) is 178 cm³/mol. The van der Waals surface area contributed by atoms with Gasteiger partial charge in [-0.05, 0) is 32.7 Å². The Bertz CT molecular complexity index is 1040.